The van der Waals surface area contributed by atoms with E-state index in [0.29, 0.717) is 16.4 Å². The summed E-state index contributed by atoms with van der Waals surface area (Å²) in [4.78, 5) is 12.0. The normalized spacial score (nSPS) is 10.2. The fourth-order valence-corrected chi connectivity index (χ4v) is 2.18. The summed E-state index contributed by atoms with van der Waals surface area (Å²) in [7, 11) is 0. The first kappa shape index (κ1) is 13.9. The van der Waals surface area contributed by atoms with E-state index in [9.17, 15) is 4.79 Å². The molecule has 0 atom stereocenters. The lowest BCUT2D eigenvalue weighted by Crippen LogP contribution is -2.15. The van der Waals surface area contributed by atoms with Crippen molar-refractivity contribution in [3.63, 3.8) is 0 Å². The molecule has 0 fully saturated rings. The van der Waals surface area contributed by atoms with E-state index in [4.69, 9.17) is 17.3 Å². The summed E-state index contributed by atoms with van der Waals surface area (Å²) in [6.45, 7) is 0. The van der Waals surface area contributed by atoms with Gasteiger partial charge in [-0.1, -0.05) is 45.7 Å². The van der Waals surface area contributed by atoms with Gasteiger partial charge in [0.05, 0.1) is 17.1 Å². The van der Waals surface area contributed by atoms with Gasteiger partial charge in [-0.05, 0) is 29.8 Å². The number of nitrogen functional groups attached to an aromatic ring is 1. The molecule has 0 aliphatic heterocycles. The highest BCUT2D eigenvalue weighted by Crippen LogP contribution is 2.26. The number of nitrogens with two attached hydrogens (primary N) is 1. The van der Waals surface area contributed by atoms with Gasteiger partial charge >= 0.3 is 0 Å². The molecule has 1 amide bonds. The Hall–Kier alpha value is -1.52. The minimum atomic E-state index is -0.155. The fourth-order valence-electron chi connectivity index (χ4n) is 1.66. The molecule has 98 valence electrons. The number of amides is 1. The molecule has 0 heterocycles. The topological polar surface area (TPSA) is 55.1 Å². The van der Waals surface area contributed by atoms with E-state index < -0.39 is 0 Å². The monoisotopic (exact) mass is 338 g/mol. The predicted molar refractivity (Wildman–Crippen MR) is 82.3 cm³/mol. The number of hydrogen-bond acceptors (Lipinski definition) is 2. The van der Waals surface area contributed by atoms with E-state index in [1.165, 1.54) is 0 Å². The van der Waals surface area contributed by atoms with Crippen LogP contribution in [0.2, 0.25) is 5.02 Å². The molecule has 0 saturated heterocycles. The second-order valence-electron chi connectivity index (χ2n) is 4.05. The van der Waals surface area contributed by atoms with Gasteiger partial charge in [-0.2, -0.15) is 0 Å². The van der Waals surface area contributed by atoms with Gasteiger partial charge in [-0.3, -0.25) is 4.79 Å². The molecule has 0 aliphatic carbocycles. The Morgan fingerprint density at radius 3 is 2.74 bits per heavy atom. The third-order valence-corrected chi connectivity index (χ3v) is 3.43. The smallest absolute Gasteiger partial charge is 0.228 e. The number of para-hydroxylation sites is 1. The average Bonchev–Trinajstić information content (AvgIpc) is 2.37. The lowest BCUT2D eigenvalue weighted by molar-refractivity contribution is -0.115. The molecule has 0 aliphatic rings. The molecule has 5 heteroatoms. The van der Waals surface area contributed by atoms with Gasteiger partial charge in [0, 0.05) is 10.2 Å². The highest BCUT2D eigenvalue weighted by Gasteiger charge is 2.09. The van der Waals surface area contributed by atoms with E-state index in [0.717, 1.165) is 10.0 Å². The van der Waals surface area contributed by atoms with Crippen LogP contribution >= 0.6 is 27.5 Å². The first-order chi connectivity index (χ1) is 9.06. The van der Waals surface area contributed by atoms with Gasteiger partial charge in [0.1, 0.15) is 0 Å². The highest BCUT2D eigenvalue weighted by molar-refractivity contribution is 9.10. The Balaban J connectivity index is 2.10. The number of hydrogen-bond donors (Lipinski definition) is 2. The lowest BCUT2D eigenvalue weighted by atomic mass is 10.1. The van der Waals surface area contributed by atoms with Crippen molar-refractivity contribution in [3.05, 3.63) is 57.5 Å². The van der Waals surface area contributed by atoms with Gasteiger partial charge in [0.25, 0.3) is 0 Å². The zero-order valence-electron chi connectivity index (χ0n) is 9.99. The molecule has 3 nitrogen and oxygen atoms in total. The SMILES string of the molecule is Nc1ccccc1CC(=O)Nc1cc(Br)ccc1Cl. The third kappa shape index (κ3) is 3.72. The molecule has 2 aromatic rings. The van der Waals surface area contributed by atoms with Gasteiger partial charge in [-0.15, -0.1) is 0 Å². The van der Waals surface area contributed by atoms with Crippen molar-refractivity contribution in [1.29, 1.82) is 0 Å². The molecule has 0 aromatic heterocycles. The summed E-state index contributed by atoms with van der Waals surface area (Å²) >= 11 is 9.35. The van der Waals surface area contributed by atoms with Crippen molar-refractivity contribution >= 4 is 44.8 Å². The predicted octanol–water partition coefficient (Wildman–Crippen LogP) is 3.87. The van der Waals surface area contributed by atoms with E-state index in [1.807, 2.05) is 24.3 Å². The van der Waals surface area contributed by atoms with E-state index >= 15 is 0 Å². The van der Waals surface area contributed by atoms with Crippen LogP contribution in [0, 0.1) is 0 Å². The molecule has 3 N–H and O–H groups in total. The first-order valence-electron chi connectivity index (χ1n) is 5.64. The highest BCUT2D eigenvalue weighted by atomic mass is 79.9. The maximum atomic E-state index is 12.0. The maximum Gasteiger partial charge on any atom is 0.228 e. The van der Waals surface area contributed by atoms with Crippen molar-refractivity contribution in [2.24, 2.45) is 0 Å². The molecule has 0 saturated carbocycles. The minimum absolute atomic E-state index is 0.155. The molecule has 0 spiro atoms. The molecule has 0 radical (unpaired) electrons. The summed E-state index contributed by atoms with van der Waals surface area (Å²) in [5, 5.41) is 3.27. The molecule has 2 rings (SSSR count). The zero-order chi connectivity index (χ0) is 13.8. The summed E-state index contributed by atoms with van der Waals surface area (Å²) < 4.78 is 0.853. The second kappa shape index (κ2) is 6.08. The Kier molecular flexibility index (Phi) is 4.45. The standard InChI is InChI=1S/C14H12BrClN2O/c15-10-5-6-11(16)13(8-10)18-14(19)7-9-3-1-2-4-12(9)17/h1-6,8H,7,17H2,(H,18,19). The molecule has 2 aromatic carbocycles. The fraction of sp³-hybridized carbons (Fsp3) is 0.0714. The van der Waals surface area contributed by atoms with Crippen molar-refractivity contribution in [2.45, 2.75) is 6.42 Å². The quantitative estimate of drug-likeness (QED) is 0.834. The Labute approximate surface area is 124 Å². The van der Waals surface area contributed by atoms with Crippen molar-refractivity contribution in [1.82, 2.24) is 0 Å². The molecular weight excluding hydrogens is 328 g/mol. The number of benzene rings is 2. The average molecular weight is 340 g/mol. The van der Waals surface area contributed by atoms with Crippen molar-refractivity contribution in [2.75, 3.05) is 11.1 Å². The van der Waals surface area contributed by atoms with Gasteiger partial charge in [-0.25, -0.2) is 0 Å². The van der Waals surface area contributed by atoms with Gasteiger partial charge in [0.2, 0.25) is 5.91 Å². The van der Waals surface area contributed by atoms with Gasteiger partial charge < -0.3 is 11.1 Å². The molecular formula is C14H12BrClN2O. The van der Waals surface area contributed by atoms with Crippen LogP contribution in [0.15, 0.2) is 46.9 Å². The number of carbonyl (C=O) groups excluding carboxylic acids is 1. The molecule has 19 heavy (non-hydrogen) atoms. The maximum absolute atomic E-state index is 12.0. The van der Waals surface area contributed by atoms with Crippen LogP contribution < -0.4 is 11.1 Å². The molecule has 0 unspecified atom stereocenters. The number of rotatable bonds is 3. The van der Waals surface area contributed by atoms with Crippen LogP contribution in [0.3, 0.4) is 0 Å². The van der Waals surface area contributed by atoms with Crippen LogP contribution in [0.4, 0.5) is 11.4 Å². The number of carbonyl (C=O) groups is 1. The van der Waals surface area contributed by atoms with E-state index in [-0.39, 0.29) is 12.3 Å². The third-order valence-electron chi connectivity index (χ3n) is 2.61. The van der Waals surface area contributed by atoms with Crippen LogP contribution in [0.5, 0.6) is 0 Å². The first-order valence-corrected chi connectivity index (χ1v) is 6.81. The second-order valence-corrected chi connectivity index (χ2v) is 5.37. The Morgan fingerprint density at radius 2 is 2.00 bits per heavy atom. The summed E-state index contributed by atoms with van der Waals surface area (Å²) in [6, 6.07) is 12.6. The minimum Gasteiger partial charge on any atom is -0.398 e. The van der Waals surface area contributed by atoms with E-state index in [2.05, 4.69) is 21.2 Å². The Bertz CT molecular complexity index is 616. The number of halogens is 2. The number of nitrogens with one attached hydrogen (secondary N) is 1. The number of anilines is 2. The summed E-state index contributed by atoms with van der Waals surface area (Å²) in [5.41, 5.74) is 7.79. The van der Waals surface area contributed by atoms with Crippen LogP contribution in [0.1, 0.15) is 5.56 Å². The lowest BCUT2D eigenvalue weighted by Gasteiger charge is -2.09. The van der Waals surface area contributed by atoms with Gasteiger partial charge in [0.15, 0.2) is 0 Å². The molecule has 0 bridgehead atoms. The largest absolute Gasteiger partial charge is 0.398 e. The van der Waals surface area contributed by atoms with Crippen LogP contribution in [-0.2, 0) is 11.2 Å². The van der Waals surface area contributed by atoms with Crippen LogP contribution in [0.25, 0.3) is 0 Å². The zero-order valence-corrected chi connectivity index (χ0v) is 12.3. The van der Waals surface area contributed by atoms with Crippen molar-refractivity contribution < 1.29 is 4.79 Å². The summed E-state index contributed by atoms with van der Waals surface area (Å²) in [6.07, 6.45) is 0.218. The summed E-state index contributed by atoms with van der Waals surface area (Å²) in [5.74, 6) is -0.155. The van der Waals surface area contributed by atoms with Crippen LogP contribution in [-0.4, -0.2) is 5.91 Å². The van der Waals surface area contributed by atoms with Crippen molar-refractivity contribution in [3.8, 4) is 0 Å². The Morgan fingerprint density at radius 1 is 1.26 bits per heavy atom. The van der Waals surface area contributed by atoms with E-state index in [1.54, 1.807) is 18.2 Å².